The SMILES string of the molecule is Cc1nc([N+](=O)[O-])cn1CCN(CCn1cc([N+](=O)[O-])nc1C)Cc1ccc(Cl)cc1Cl. The van der Waals surface area contributed by atoms with Crippen LogP contribution in [0.5, 0.6) is 0 Å². The molecule has 0 spiro atoms. The third-order valence-electron chi connectivity index (χ3n) is 5.02. The number of benzene rings is 1. The summed E-state index contributed by atoms with van der Waals surface area (Å²) < 4.78 is 3.45. The van der Waals surface area contributed by atoms with Gasteiger partial charge in [-0.1, -0.05) is 29.3 Å². The third-order valence-corrected chi connectivity index (χ3v) is 5.61. The van der Waals surface area contributed by atoms with Crippen molar-refractivity contribution in [1.29, 1.82) is 0 Å². The Hall–Kier alpha value is -3.02. The zero-order valence-corrected chi connectivity index (χ0v) is 19.0. The molecular weight excluding hydrogens is 461 g/mol. The monoisotopic (exact) mass is 481 g/mol. The maximum Gasteiger partial charge on any atom is 0.381 e. The Kier molecular flexibility index (Phi) is 7.44. The first-order chi connectivity index (χ1) is 15.1. The van der Waals surface area contributed by atoms with Crippen molar-refractivity contribution in [3.8, 4) is 0 Å². The molecule has 0 aliphatic heterocycles. The molecule has 13 heteroatoms. The first-order valence-electron chi connectivity index (χ1n) is 9.66. The van der Waals surface area contributed by atoms with Gasteiger partial charge in [0.25, 0.3) is 0 Å². The van der Waals surface area contributed by atoms with Gasteiger partial charge in [0.05, 0.1) is 0 Å². The van der Waals surface area contributed by atoms with Crippen LogP contribution in [0.3, 0.4) is 0 Å². The quantitative estimate of drug-likeness (QED) is 0.316. The molecule has 2 aromatic heterocycles. The molecule has 0 fully saturated rings. The van der Waals surface area contributed by atoms with E-state index in [0.717, 1.165) is 5.56 Å². The summed E-state index contributed by atoms with van der Waals surface area (Å²) in [5.74, 6) is 0.691. The Morgan fingerprint density at radius 1 is 0.938 bits per heavy atom. The van der Waals surface area contributed by atoms with Gasteiger partial charge in [-0.2, -0.15) is 0 Å². The molecule has 0 bridgehead atoms. The Labute approximate surface area is 193 Å². The van der Waals surface area contributed by atoms with Gasteiger partial charge in [0.1, 0.15) is 12.4 Å². The highest BCUT2D eigenvalue weighted by Crippen LogP contribution is 2.22. The second-order valence-electron chi connectivity index (χ2n) is 7.21. The minimum atomic E-state index is -0.524. The van der Waals surface area contributed by atoms with E-state index in [9.17, 15) is 20.2 Å². The molecule has 170 valence electrons. The number of hydrogen-bond donors (Lipinski definition) is 0. The number of aryl methyl sites for hydroxylation is 2. The second-order valence-corrected chi connectivity index (χ2v) is 8.05. The van der Waals surface area contributed by atoms with Gasteiger partial charge in [-0.05, 0) is 37.5 Å². The van der Waals surface area contributed by atoms with Crippen molar-refractivity contribution in [1.82, 2.24) is 24.0 Å². The molecule has 11 nitrogen and oxygen atoms in total. The van der Waals surface area contributed by atoms with E-state index in [2.05, 4.69) is 14.9 Å². The Morgan fingerprint density at radius 3 is 1.84 bits per heavy atom. The van der Waals surface area contributed by atoms with Crippen molar-refractivity contribution < 1.29 is 9.85 Å². The van der Waals surface area contributed by atoms with Crippen LogP contribution < -0.4 is 0 Å². The van der Waals surface area contributed by atoms with Gasteiger partial charge >= 0.3 is 11.6 Å². The lowest BCUT2D eigenvalue weighted by molar-refractivity contribution is -0.389. The van der Waals surface area contributed by atoms with Crippen molar-refractivity contribution in [2.24, 2.45) is 0 Å². The van der Waals surface area contributed by atoms with Crippen LogP contribution in [0.15, 0.2) is 30.6 Å². The molecule has 3 rings (SSSR count). The van der Waals surface area contributed by atoms with E-state index in [1.54, 1.807) is 35.1 Å². The van der Waals surface area contributed by atoms with Gasteiger partial charge in [-0.15, -0.1) is 0 Å². The second kappa shape index (κ2) is 10.1. The first kappa shape index (κ1) is 23.6. The van der Waals surface area contributed by atoms with Crippen LogP contribution >= 0.6 is 23.2 Å². The van der Waals surface area contributed by atoms with Crippen LogP contribution in [0.25, 0.3) is 0 Å². The molecule has 2 heterocycles. The fraction of sp³-hybridized carbons (Fsp3) is 0.368. The molecule has 0 saturated carbocycles. The average molecular weight is 482 g/mol. The summed E-state index contributed by atoms with van der Waals surface area (Å²) in [7, 11) is 0. The van der Waals surface area contributed by atoms with E-state index in [1.807, 2.05) is 6.07 Å². The van der Waals surface area contributed by atoms with Crippen molar-refractivity contribution in [3.63, 3.8) is 0 Å². The lowest BCUT2D eigenvalue weighted by Crippen LogP contribution is -2.31. The smallest absolute Gasteiger partial charge is 0.358 e. The topological polar surface area (TPSA) is 125 Å². The van der Waals surface area contributed by atoms with Crippen molar-refractivity contribution in [3.05, 3.63) is 78.1 Å². The first-order valence-corrected chi connectivity index (χ1v) is 10.4. The van der Waals surface area contributed by atoms with Crippen molar-refractivity contribution in [2.45, 2.75) is 33.5 Å². The molecule has 32 heavy (non-hydrogen) atoms. The van der Waals surface area contributed by atoms with Gasteiger partial charge in [-0.25, -0.2) is 0 Å². The van der Waals surface area contributed by atoms with Crippen molar-refractivity contribution >= 4 is 34.8 Å². The van der Waals surface area contributed by atoms with Crippen molar-refractivity contribution in [2.75, 3.05) is 13.1 Å². The Balaban J connectivity index is 1.76. The van der Waals surface area contributed by atoms with Crippen LogP contribution in [0, 0.1) is 34.1 Å². The number of halogens is 2. The largest absolute Gasteiger partial charge is 0.381 e. The highest BCUT2D eigenvalue weighted by Gasteiger charge is 2.18. The fourth-order valence-corrected chi connectivity index (χ4v) is 3.74. The number of nitro groups is 2. The van der Waals surface area contributed by atoms with Crippen LogP contribution in [-0.2, 0) is 19.6 Å². The van der Waals surface area contributed by atoms with E-state index in [0.29, 0.717) is 54.4 Å². The van der Waals surface area contributed by atoms with Crippen LogP contribution in [0.2, 0.25) is 10.0 Å². The van der Waals surface area contributed by atoms with Gasteiger partial charge in [0.2, 0.25) is 11.6 Å². The zero-order valence-electron chi connectivity index (χ0n) is 17.4. The minimum absolute atomic E-state index is 0.198. The summed E-state index contributed by atoms with van der Waals surface area (Å²) in [6.07, 6.45) is 2.82. The summed E-state index contributed by atoms with van der Waals surface area (Å²) in [6, 6.07) is 5.27. The normalized spacial score (nSPS) is 11.3. The third kappa shape index (κ3) is 5.81. The van der Waals surface area contributed by atoms with Gasteiger partial charge in [0.15, 0.2) is 0 Å². The number of hydrogen-bond acceptors (Lipinski definition) is 7. The summed E-state index contributed by atoms with van der Waals surface area (Å²) in [5, 5.41) is 23.0. The van der Waals surface area contributed by atoms with E-state index in [4.69, 9.17) is 23.2 Å². The predicted octanol–water partition coefficient (Wildman–Crippen LogP) is 4.02. The lowest BCUT2D eigenvalue weighted by atomic mass is 10.2. The highest BCUT2D eigenvalue weighted by molar-refractivity contribution is 6.35. The number of aromatic nitrogens is 4. The van der Waals surface area contributed by atoms with E-state index in [1.165, 1.54) is 12.4 Å². The van der Waals surface area contributed by atoms with Crippen LogP contribution in [0.1, 0.15) is 17.2 Å². The summed E-state index contributed by atoms with van der Waals surface area (Å²) in [6.45, 7) is 5.96. The Morgan fingerprint density at radius 2 is 1.44 bits per heavy atom. The summed E-state index contributed by atoms with van der Waals surface area (Å²) in [4.78, 5) is 30.9. The molecule has 0 amide bonds. The average Bonchev–Trinajstić information content (AvgIpc) is 3.28. The summed E-state index contributed by atoms with van der Waals surface area (Å²) in [5.41, 5.74) is 0.873. The zero-order chi connectivity index (χ0) is 23.4. The Bertz CT molecular complexity index is 1080. The molecule has 0 atom stereocenters. The van der Waals surface area contributed by atoms with E-state index >= 15 is 0 Å². The van der Waals surface area contributed by atoms with E-state index in [-0.39, 0.29) is 11.6 Å². The molecule has 3 aromatic rings. The van der Waals surface area contributed by atoms with Crippen LogP contribution in [0.4, 0.5) is 11.6 Å². The number of rotatable bonds is 10. The van der Waals surface area contributed by atoms with Crippen LogP contribution in [-0.4, -0.2) is 46.9 Å². The van der Waals surface area contributed by atoms with Gasteiger partial charge < -0.3 is 29.4 Å². The predicted molar refractivity (Wildman–Crippen MR) is 119 cm³/mol. The molecule has 0 N–H and O–H groups in total. The minimum Gasteiger partial charge on any atom is -0.358 e. The number of imidazole rings is 2. The molecular formula is C19H21Cl2N7O4. The molecule has 0 aliphatic rings. The lowest BCUT2D eigenvalue weighted by Gasteiger charge is -2.23. The molecule has 0 unspecified atom stereocenters. The highest BCUT2D eigenvalue weighted by atomic mass is 35.5. The van der Waals surface area contributed by atoms with Gasteiger partial charge in [-0.3, -0.25) is 4.90 Å². The molecule has 0 aliphatic carbocycles. The summed E-state index contributed by atoms with van der Waals surface area (Å²) >= 11 is 12.3. The standard InChI is InChI=1S/C19H21Cl2N7O4/c1-13-22-18(27(29)30)11-25(13)7-5-24(10-15-3-4-16(20)9-17(15)21)6-8-26-12-19(28(31)32)23-14(26)2/h3-4,9,11-12H,5-8,10H2,1-2H3. The molecule has 1 aromatic carbocycles. The molecule has 0 radical (unpaired) electrons. The maximum atomic E-state index is 11.0. The molecule has 0 saturated heterocycles. The maximum absolute atomic E-state index is 11.0. The van der Waals surface area contributed by atoms with E-state index < -0.39 is 9.85 Å². The fourth-order valence-electron chi connectivity index (χ4n) is 3.27. The van der Waals surface area contributed by atoms with Gasteiger partial charge in [0, 0.05) is 56.6 Å². The number of nitrogens with zero attached hydrogens (tertiary/aromatic N) is 7.